The summed E-state index contributed by atoms with van der Waals surface area (Å²) in [5.74, 6) is -0.0299. The average Bonchev–Trinajstić information content (AvgIpc) is 2.59. The fourth-order valence-corrected chi connectivity index (χ4v) is 4.49. The number of rotatable bonds is 5. The number of likely N-dealkylation sites (tertiary alicyclic amines) is 1. The number of ether oxygens (including phenoxy) is 1. The van der Waals surface area contributed by atoms with Crippen LogP contribution in [-0.4, -0.2) is 41.1 Å². The van der Waals surface area contributed by atoms with Gasteiger partial charge in [0.25, 0.3) is 0 Å². The molecular formula is C23H33NO4. The number of amides is 1. The van der Waals surface area contributed by atoms with Gasteiger partial charge in [-0.25, -0.2) is 0 Å². The molecule has 0 aromatic heterocycles. The maximum atomic E-state index is 12.6. The molecule has 0 radical (unpaired) electrons. The van der Waals surface area contributed by atoms with Crippen molar-refractivity contribution >= 4 is 11.9 Å². The number of aryl methyl sites for hydroxylation is 3. The first-order valence-electron chi connectivity index (χ1n) is 9.77. The lowest BCUT2D eigenvalue weighted by Crippen LogP contribution is -2.60. The van der Waals surface area contributed by atoms with E-state index in [0.717, 1.165) is 16.7 Å². The predicted octanol–water partition coefficient (Wildman–Crippen LogP) is 3.93. The summed E-state index contributed by atoms with van der Waals surface area (Å²) in [5, 5.41) is 9.89. The zero-order valence-corrected chi connectivity index (χ0v) is 18.0. The summed E-state index contributed by atoms with van der Waals surface area (Å²) in [4.78, 5) is 26.5. The van der Waals surface area contributed by atoms with E-state index in [9.17, 15) is 14.7 Å². The van der Waals surface area contributed by atoms with Crippen LogP contribution in [0.25, 0.3) is 0 Å². The van der Waals surface area contributed by atoms with Crippen molar-refractivity contribution in [1.82, 2.24) is 4.90 Å². The highest BCUT2D eigenvalue weighted by Gasteiger charge is 2.50. The van der Waals surface area contributed by atoms with E-state index < -0.39 is 0 Å². The van der Waals surface area contributed by atoms with E-state index >= 15 is 0 Å². The Bertz CT molecular complexity index is 738. The minimum Gasteiger partial charge on any atom is -0.507 e. The van der Waals surface area contributed by atoms with Gasteiger partial charge in [0.15, 0.2) is 0 Å². The number of phenolic OH excluding ortho intramolecular Hbond substituents is 1. The zero-order chi connectivity index (χ0) is 21.3. The zero-order valence-electron chi connectivity index (χ0n) is 18.0. The van der Waals surface area contributed by atoms with Gasteiger partial charge in [-0.05, 0) is 43.0 Å². The van der Waals surface area contributed by atoms with Crippen molar-refractivity contribution in [3.05, 3.63) is 41.5 Å². The number of carbonyl (C=O) groups is 2. The molecule has 0 unspecified atom stereocenters. The molecule has 1 aliphatic rings. The molecule has 1 amide bonds. The van der Waals surface area contributed by atoms with Crippen LogP contribution >= 0.6 is 0 Å². The number of esters is 1. The lowest BCUT2D eigenvalue weighted by atomic mass is 9.68. The molecule has 1 aromatic carbocycles. The quantitative estimate of drug-likeness (QED) is 0.614. The molecule has 1 aromatic rings. The fourth-order valence-electron chi connectivity index (χ4n) is 4.49. The third kappa shape index (κ3) is 4.75. The van der Waals surface area contributed by atoms with Crippen molar-refractivity contribution in [2.45, 2.75) is 60.5 Å². The Morgan fingerprint density at radius 3 is 2.14 bits per heavy atom. The normalized spacial score (nSPS) is 18.6. The maximum absolute atomic E-state index is 12.6. The first kappa shape index (κ1) is 22.0. The van der Waals surface area contributed by atoms with E-state index in [2.05, 4.69) is 6.58 Å². The van der Waals surface area contributed by atoms with Gasteiger partial charge in [-0.1, -0.05) is 46.4 Å². The van der Waals surface area contributed by atoms with E-state index in [1.165, 1.54) is 6.08 Å². The molecule has 5 heteroatoms. The summed E-state index contributed by atoms with van der Waals surface area (Å²) < 4.78 is 5.94. The molecule has 0 saturated carbocycles. The standard InChI is InChI=1S/C23H33NO4/c1-8-18(25)24-13-22(4,5)21(23(6,7)14-24)28-19(26)10-9-17-11-15(2)20(27)16(3)12-17/h8,11-12,21,27H,1,9-10,13-14H2,2-7H3. The minimum atomic E-state index is -0.359. The van der Waals surface area contributed by atoms with Crippen LogP contribution < -0.4 is 0 Å². The number of hydrogen-bond donors (Lipinski definition) is 1. The smallest absolute Gasteiger partial charge is 0.306 e. The number of carbonyl (C=O) groups excluding carboxylic acids is 2. The second-order valence-corrected chi connectivity index (χ2v) is 9.32. The van der Waals surface area contributed by atoms with Crippen LogP contribution in [0.3, 0.4) is 0 Å². The molecule has 28 heavy (non-hydrogen) atoms. The number of nitrogens with zero attached hydrogens (tertiary/aromatic N) is 1. The topological polar surface area (TPSA) is 66.8 Å². The summed E-state index contributed by atoms with van der Waals surface area (Å²) >= 11 is 0. The van der Waals surface area contributed by atoms with Gasteiger partial charge >= 0.3 is 5.97 Å². The highest BCUT2D eigenvalue weighted by Crippen LogP contribution is 2.42. The lowest BCUT2D eigenvalue weighted by molar-refractivity contribution is -0.179. The van der Waals surface area contributed by atoms with Crippen molar-refractivity contribution in [1.29, 1.82) is 0 Å². The van der Waals surface area contributed by atoms with Crippen LogP contribution in [0.2, 0.25) is 0 Å². The summed E-state index contributed by atoms with van der Waals surface area (Å²) in [6.07, 6.45) is 1.89. The van der Waals surface area contributed by atoms with Crippen LogP contribution in [0.15, 0.2) is 24.8 Å². The third-order valence-electron chi connectivity index (χ3n) is 5.52. The van der Waals surface area contributed by atoms with Crippen LogP contribution in [0, 0.1) is 24.7 Å². The molecule has 0 aliphatic carbocycles. The van der Waals surface area contributed by atoms with Crippen molar-refractivity contribution in [3.63, 3.8) is 0 Å². The molecule has 5 nitrogen and oxygen atoms in total. The van der Waals surface area contributed by atoms with Crippen LogP contribution in [-0.2, 0) is 20.7 Å². The van der Waals surface area contributed by atoms with Crippen molar-refractivity contribution in [2.75, 3.05) is 13.1 Å². The number of aromatic hydroxyl groups is 1. The molecule has 1 heterocycles. The Hall–Kier alpha value is -2.30. The summed E-state index contributed by atoms with van der Waals surface area (Å²) in [5.41, 5.74) is 1.91. The van der Waals surface area contributed by atoms with Crippen molar-refractivity contribution in [2.24, 2.45) is 10.8 Å². The molecule has 2 rings (SSSR count). The average molecular weight is 388 g/mol. The van der Waals surface area contributed by atoms with E-state index in [1.54, 1.807) is 4.90 Å². The lowest BCUT2D eigenvalue weighted by Gasteiger charge is -2.52. The maximum Gasteiger partial charge on any atom is 0.306 e. The van der Waals surface area contributed by atoms with Gasteiger partial charge in [0.1, 0.15) is 11.9 Å². The Labute approximate surface area is 168 Å². The van der Waals surface area contributed by atoms with Gasteiger partial charge in [-0.15, -0.1) is 0 Å². The highest BCUT2D eigenvalue weighted by molar-refractivity contribution is 5.87. The van der Waals surface area contributed by atoms with Gasteiger partial charge in [0, 0.05) is 30.3 Å². The number of phenols is 1. The Balaban J connectivity index is 2.06. The van der Waals surface area contributed by atoms with Crippen LogP contribution in [0.5, 0.6) is 5.75 Å². The second-order valence-electron chi connectivity index (χ2n) is 9.32. The second kappa shape index (κ2) is 7.98. The highest BCUT2D eigenvalue weighted by atomic mass is 16.5. The molecule has 154 valence electrons. The van der Waals surface area contributed by atoms with Crippen LogP contribution in [0.4, 0.5) is 0 Å². The molecule has 1 N–H and O–H groups in total. The minimum absolute atomic E-state index is 0.0935. The van der Waals surface area contributed by atoms with Gasteiger partial charge in [0.05, 0.1) is 0 Å². The Morgan fingerprint density at radius 2 is 1.68 bits per heavy atom. The summed E-state index contributed by atoms with van der Waals surface area (Å²) in [6, 6.07) is 3.81. The van der Waals surface area contributed by atoms with Gasteiger partial charge in [-0.3, -0.25) is 9.59 Å². The van der Waals surface area contributed by atoms with Gasteiger partial charge in [0.2, 0.25) is 5.91 Å². The molecular weight excluding hydrogens is 354 g/mol. The van der Waals surface area contributed by atoms with Crippen molar-refractivity contribution < 1.29 is 19.4 Å². The van der Waals surface area contributed by atoms with E-state index in [-0.39, 0.29) is 35.2 Å². The summed E-state index contributed by atoms with van der Waals surface area (Å²) in [7, 11) is 0. The molecule has 1 aliphatic heterocycles. The third-order valence-corrected chi connectivity index (χ3v) is 5.52. The molecule has 1 saturated heterocycles. The van der Waals surface area contributed by atoms with Crippen LogP contribution in [0.1, 0.15) is 50.8 Å². The van der Waals surface area contributed by atoms with Gasteiger partial charge in [-0.2, -0.15) is 0 Å². The first-order valence-corrected chi connectivity index (χ1v) is 9.77. The van der Waals surface area contributed by atoms with E-state index in [4.69, 9.17) is 4.74 Å². The van der Waals surface area contributed by atoms with E-state index in [0.29, 0.717) is 25.3 Å². The fraction of sp³-hybridized carbons (Fsp3) is 0.565. The summed E-state index contributed by atoms with van der Waals surface area (Å²) in [6.45, 7) is 16.5. The largest absolute Gasteiger partial charge is 0.507 e. The number of benzene rings is 1. The number of piperidine rings is 1. The van der Waals surface area contributed by atoms with E-state index in [1.807, 2.05) is 53.7 Å². The van der Waals surface area contributed by atoms with Crippen molar-refractivity contribution in [3.8, 4) is 5.75 Å². The first-order chi connectivity index (χ1) is 12.9. The van der Waals surface area contributed by atoms with Gasteiger partial charge < -0.3 is 14.7 Å². The molecule has 0 bridgehead atoms. The Morgan fingerprint density at radius 1 is 1.18 bits per heavy atom. The molecule has 0 atom stereocenters. The Kier molecular flexibility index (Phi) is 6.27. The number of hydrogen-bond acceptors (Lipinski definition) is 4. The monoisotopic (exact) mass is 387 g/mol. The molecule has 1 fully saturated rings. The molecule has 0 spiro atoms. The SMILES string of the molecule is C=CC(=O)N1CC(C)(C)C(OC(=O)CCc2cc(C)c(O)c(C)c2)C(C)(C)C1. The predicted molar refractivity (Wildman–Crippen MR) is 110 cm³/mol.